The van der Waals surface area contributed by atoms with Crippen LogP contribution in [0.25, 0.3) is 11.1 Å². The summed E-state index contributed by atoms with van der Waals surface area (Å²) < 4.78 is 16.7. The largest absolute Gasteiger partial charge is 0.569 e. The summed E-state index contributed by atoms with van der Waals surface area (Å²) in [5.41, 5.74) is 8.01. The molecule has 60 heavy (non-hydrogen) atoms. The number of benzene rings is 2. The van der Waals surface area contributed by atoms with Gasteiger partial charge in [0.15, 0.2) is 0 Å². The minimum absolute atomic E-state index is 0.218. The molecule has 2 saturated heterocycles. The van der Waals surface area contributed by atoms with Crippen LogP contribution in [0.15, 0.2) is 77.3 Å². The Morgan fingerprint density at radius 3 is 1.50 bits per heavy atom. The SMILES string of the molecule is Cc1ccccc1-c1ccc(CN2CCN(C(=O)OC(C)(C)C)CC2)nc1C.Cc1ccccc1O[B]O.Cc1nc(CN2CCN(C(=O)OC(C)(C)C)CC2)ccc1Br. The van der Waals surface area contributed by atoms with Crippen LogP contribution >= 0.6 is 15.9 Å². The number of para-hydroxylation sites is 1. The number of ether oxygens (including phenoxy) is 2. The fraction of sp³-hybridized carbons (Fsp3) is 0.478. The van der Waals surface area contributed by atoms with Gasteiger partial charge in [-0.1, -0.05) is 48.5 Å². The molecule has 4 heterocycles. The van der Waals surface area contributed by atoms with Crippen LogP contribution < -0.4 is 4.65 Å². The third-order valence-electron chi connectivity index (χ3n) is 9.75. The highest BCUT2D eigenvalue weighted by Gasteiger charge is 2.27. The molecule has 0 bridgehead atoms. The Morgan fingerprint density at radius 1 is 0.617 bits per heavy atom. The van der Waals surface area contributed by atoms with Gasteiger partial charge in [0, 0.05) is 81.2 Å². The number of pyridine rings is 2. The lowest BCUT2D eigenvalue weighted by Crippen LogP contribution is -2.49. The average molecular weight is 887 g/mol. The van der Waals surface area contributed by atoms with Crippen LogP contribution in [0.5, 0.6) is 5.75 Å². The van der Waals surface area contributed by atoms with Crippen LogP contribution in [0, 0.1) is 27.7 Å². The van der Waals surface area contributed by atoms with E-state index in [9.17, 15) is 9.59 Å². The predicted molar refractivity (Wildman–Crippen MR) is 242 cm³/mol. The van der Waals surface area contributed by atoms with E-state index >= 15 is 0 Å². The molecule has 2 aromatic heterocycles. The predicted octanol–water partition coefficient (Wildman–Crippen LogP) is 8.52. The number of carbonyl (C=O) groups excluding carboxylic acids is 2. The molecule has 323 valence electrons. The van der Waals surface area contributed by atoms with E-state index in [4.69, 9.17) is 24.1 Å². The molecule has 0 aliphatic carbocycles. The van der Waals surface area contributed by atoms with Crippen LogP contribution in [0.3, 0.4) is 0 Å². The molecule has 2 amide bonds. The molecule has 0 atom stereocenters. The molecular weight excluding hydrogens is 823 g/mol. The number of hydrogen-bond donors (Lipinski definition) is 1. The molecule has 6 rings (SSSR count). The molecular formula is C46H63BBrN6O6. The lowest BCUT2D eigenvalue weighted by molar-refractivity contribution is 0.0128. The van der Waals surface area contributed by atoms with E-state index in [-0.39, 0.29) is 12.2 Å². The zero-order valence-electron chi connectivity index (χ0n) is 37.1. The Bertz CT molecular complexity index is 2010. The van der Waals surface area contributed by atoms with Crippen molar-refractivity contribution in [1.82, 2.24) is 29.6 Å². The van der Waals surface area contributed by atoms with Crippen LogP contribution in [-0.4, -0.2) is 118 Å². The van der Waals surface area contributed by atoms with E-state index in [1.807, 2.05) is 85.7 Å². The summed E-state index contributed by atoms with van der Waals surface area (Å²) in [4.78, 5) is 41.9. The summed E-state index contributed by atoms with van der Waals surface area (Å²) in [6.07, 6.45) is -0.437. The molecule has 0 unspecified atom stereocenters. The quantitative estimate of drug-likeness (QED) is 0.181. The zero-order chi connectivity index (χ0) is 44.0. The van der Waals surface area contributed by atoms with Crippen molar-refractivity contribution in [1.29, 1.82) is 0 Å². The monoisotopic (exact) mass is 885 g/mol. The van der Waals surface area contributed by atoms with Crippen molar-refractivity contribution >= 4 is 35.8 Å². The molecule has 2 aliphatic heterocycles. The van der Waals surface area contributed by atoms with Gasteiger partial charge in [-0.2, -0.15) is 0 Å². The topological polar surface area (TPSA) is 121 Å². The first-order valence-electron chi connectivity index (χ1n) is 20.5. The number of hydrogen-bond acceptors (Lipinski definition) is 10. The van der Waals surface area contributed by atoms with Gasteiger partial charge in [-0.15, -0.1) is 0 Å². The maximum absolute atomic E-state index is 12.2. The molecule has 12 nitrogen and oxygen atoms in total. The summed E-state index contributed by atoms with van der Waals surface area (Å²) in [6, 6.07) is 24.3. The number of amides is 2. The van der Waals surface area contributed by atoms with E-state index < -0.39 is 11.2 Å². The smallest absolute Gasteiger partial charge is 0.537 e. The van der Waals surface area contributed by atoms with Gasteiger partial charge in [-0.25, -0.2) is 9.59 Å². The molecule has 2 fully saturated rings. The molecule has 4 aromatic rings. The Kier molecular flexibility index (Phi) is 18.0. The van der Waals surface area contributed by atoms with E-state index in [0.29, 0.717) is 39.6 Å². The summed E-state index contributed by atoms with van der Waals surface area (Å²) in [5.74, 6) is 0.685. The molecule has 0 spiro atoms. The third kappa shape index (κ3) is 15.8. The molecule has 0 saturated carbocycles. The van der Waals surface area contributed by atoms with Crippen molar-refractivity contribution in [2.24, 2.45) is 0 Å². The lowest BCUT2D eigenvalue weighted by atomic mass is 9.99. The minimum atomic E-state index is -0.450. The van der Waals surface area contributed by atoms with Crippen molar-refractivity contribution in [2.45, 2.75) is 93.5 Å². The minimum Gasteiger partial charge on any atom is -0.537 e. The Balaban J connectivity index is 0.000000220. The van der Waals surface area contributed by atoms with Gasteiger partial charge in [-0.3, -0.25) is 19.8 Å². The van der Waals surface area contributed by atoms with Crippen molar-refractivity contribution in [2.75, 3.05) is 52.4 Å². The molecule has 1 N–H and O–H groups in total. The van der Waals surface area contributed by atoms with Gasteiger partial charge >= 0.3 is 19.9 Å². The summed E-state index contributed by atoms with van der Waals surface area (Å²) in [7, 11) is 0.683. The Morgan fingerprint density at radius 2 is 1.07 bits per heavy atom. The first-order chi connectivity index (χ1) is 28.3. The van der Waals surface area contributed by atoms with Crippen LogP contribution in [0.2, 0.25) is 0 Å². The maximum atomic E-state index is 12.2. The fourth-order valence-corrected chi connectivity index (χ4v) is 6.80. The average Bonchev–Trinajstić information content (AvgIpc) is 3.18. The number of nitrogens with zero attached hydrogens (tertiary/aromatic N) is 6. The van der Waals surface area contributed by atoms with E-state index in [0.717, 1.165) is 72.1 Å². The van der Waals surface area contributed by atoms with E-state index in [1.54, 1.807) is 15.9 Å². The number of piperazine rings is 2. The van der Waals surface area contributed by atoms with Gasteiger partial charge in [0.2, 0.25) is 0 Å². The van der Waals surface area contributed by atoms with Crippen molar-refractivity contribution < 1.29 is 28.7 Å². The van der Waals surface area contributed by atoms with Crippen molar-refractivity contribution in [3.63, 3.8) is 0 Å². The van der Waals surface area contributed by atoms with Crippen molar-refractivity contribution in [3.8, 4) is 16.9 Å². The number of aromatic nitrogens is 2. The Hall–Kier alpha value is -4.50. The van der Waals surface area contributed by atoms with Gasteiger partial charge in [-0.05, 0) is 126 Å². The highest BCUT2D eigenvalue weighted by Crippen LogP contribution is 2.26. The van der Waals surface area contributed by atoms with Crippen LogP contribution in [-0.2, 0) is 22.6 Å². The van der Waals surface area contributed by atoms with Crippen LogP contribution in [0.4, 0.5) is 9.59 Å². The van der Waals surface area contributed by atoms with Gasteiger partial charge in [0.25, 0.3) is 0 Å². The second kappa shape index (κ2) is 22.4. The number of halogens is 1. The normalized spacial score (nSPS) is 14.9. The Labute approximate surface area is 366 Å². The first-order valence-corrected chi connectivity index (χ1v) is 21.3. The maximum Gasteiger partial charge on any atom is 0.569 e. The van der Waals surface area contributed by atoms with Gasteiger partial charge in [0.1, 0.15) is 17.0 Å². The van der Waals surface area contributed by atoms with Crippen molar-refractivity contribution in [3.05, 3.63) is 111 Å². The summed E-state index contributed by atoms with van der Waals surface area (Å²) >= 11 is 3.47. The lowest BCUT2D eigenvalue weighted by Gasteiger charge is -2.35. The van der Waals surface area contributed by atoms with E-state index in [2.05, 4.69) is 81.0 Å². The standard InChI is InChI=1S/C23H31N3O2.C16H24BrN3O2.C7H8BO2/c1-17-8-6-7-9-20(17)21-11-10-19(24-18(21)2)16-25-12-14-26(15-13-25)22(27)28-23(3,4)5;1-12-14(17)6-5-13(18-12)11-19-7-9-20(10-8-19)15(21)22-16(2,3)4;1-6-4-2-3-5-7(6)10-8-9/h6-11H,12-16H2,1-5H3;5-6H,7-11H2,1-4H3;2-5,9H,1H3. The highest BCUT2D eigenvalue weighted by molar-refractivity contribution is 9.10. The number of rotatable bonds is 7. The highest BCUT2D eigenvalue weighted by atomic mass is 79.9. The van der Waals surface area contributed by atoms with Gasteiger partial charge in [0.05, 0.1) is 17.1 Å². The summed E-state index contributed by atoms with van der Waals surface area (Å²) in [6.45, 7) is 27.2. The second-order valence-corrected chi connectivity index (χ2v) is 18.0. The zero-order valence-corrected chi connectivity index (χ0v) is 38.7. The van der Waals surface area contributed by atoms with Gasteiger partial charge < -0.3 is 29.0 Å². The molecule has 14 heteroatoms. The fourth-order valence-electron chi connectivity index (χ4n) is 6.58. The van der Waals surface area contributed by atoms with E-state index in [1.165, 1.54) is 16.7 Å². The summed E-state index contributed by atoms with van der Waals surface area (Å²) in [5, 5.41) is 8.30. The second-order valence-electron chi connectivity index (χ2n) is 17.1. The number of carbonyl (C=O) groups is 2. The first kappa shape index (κ1) is 48.2. The van der Waals surface area contributed by atoms with Crippen LogP contribution in [0.1, 0.15) is 75.4 Å². The molecule has 2 aromatic carbocycles. The molecule has 2 aliphatic rings. The molecule has 1 radical (unpaired) electrons. The third-order valence-corrected chi connectivity index (χ3v) is 10.6. The number of aryl methyl sites for hydroxylation is 4.